The van der Waals surface area contributed by atoms with Crippen LogP contribution in [-0.2, 0) is 101 Å². The number of carbonyl (C=O) groups is 6. The van der Waals surface area contributed by atoms with Crippen molar-refractivity contribution < 1.29 is 68.2 Å². The number of benzene rings is 6. The quantitative estimate of drug-likeness (QED) is 0.0309. The van der Waals surface area contributed by atoms with Crippen molar-refractivity contribution in [3.63, 3.8) is 0 Å². The number of nitrogens with one attached hydrogen (secondary N) is 6. The molecule has 15 rings (SSSR count). The second kappa shape index (κ2) is 37.4. The Labute approximate surface area is 753 Å². The molecule has 30 nitrogen and oxygen atoms in total. The fourth-order valence-electron chi connectivity index (χ4n) is 17.2. The van der Waals surface area contributed by atoms with Gasteiger partial charge in [-0.2, -0.15) is 0 Å². The number of methoxy groups -OCH3 is 3. The largest absolute Gasteiger partial charge is 0.492 e. The van der Waals surface area contributed by atoms with Gasteiger partial charge in [0.2, 0.25) is 47.8 Å². The minimum atomic E-state index is -3.59. The van der Waals surface area contributed by atoms with E-state index in [2.05, 4.69) is 69.9 Å². The van der Waals surface area contributed by atoms with Gasteiger partial charge in [-0.1, -0.05) is 124 Å². The van der Waals surface area contributed by atoms with E-state index in [0.717, 1.165) is 209 Å². The van der Waals surface area contributed by atoms with Crippen molar-refractivity contribution in [3.05, 3.63) is 160 Å². The second-order valence-corrected chi connectivity index (χ2v) is 43.9. The molecule has 9 aromatic rings. The van der Waals surface area contributed by atoms with Crippen LogP contribution in [0.4, 0.5) is 34.1 Å². The lowest BCUT2D eigenvalue weighted by Crippen LogP contribution is -2.50. The molecule has 3 aromatic heterocycles. The van der Waals surface area contributed by atoms with Gasteiger partial charge in [-0.15, -0.1) is 0 Å². The first-order valence-corrected chi connectivity index (χ1v) is 49.6. The number of aromatic nitrogens is 3. The number of hydrogen-bond acceptors (Lipinski definition) is 18. The number of fused-ring (bicyclic) bond motifs is 3. The third-order valence-corrected chi connectivity index (χ3v) is 26.9. The van der Waals surface area contributed by atoms with E-state index < -0.39 is 30.1 Å². The third kappa shape index (κ3) is 22.7. The van der Waals surface area contributed by atoms with E-state index in [1.54, 1.807) is 18.2 Å². The number of amides is 6. The van der Waals surface area contributed by atoms with Gasteiger partial charge in [0.05, 0.1) is 90.8 Å². The smallest absolute Gasteiger partial charge is 0.272 e. The fourth-order valence-corrected chi connectivity index (χ4v) is 18.9. The van der Waals surface area contributed by atoms with Crippen LogP contribution in [0.15, 0.2) is 109 Å². The Balaban J connectivity index is 0.000000164. The van der Waals surface area contributed by atoms with Crippen LogP contribution in [0, 0.1) is 17.3 Å². The highest BCUT2D eigenvalue weighted by atomic mass is 32.2. The van der Waals surface area contributed by atoms with Crippen molar-refractivity contribution in [2.75, 3.05) is 149 Å². The minimum Gasteiger partial charge on any atom is -0.492 e. The van der Waals surface area contributed by atoms with Crippen molar-refractivity contribution >= 4 is 132 Å². The number of para-hydroxylation sites is 3. The van der Waals surface area contributed by atoms with E-state index in [-0.39, 0.29) is 91.4 Å². The number of nitrogens with zero attached hydrogens (tertiary/aromatic N) is 9. The normalized spacial score (nSPS) is 16.7. The maximum atomic E-state index is 13.7. The van der Waals surface area contributed by atoms with E-state index in [1.807, 2.05) is 185 Å². The molecule has 6 fully saturated rings. The molecular weight excluding hydrogens is 1690 g/mol. The zero-order valence-corrected chi connectivity index (χ0v) is 79.9. The van der Waals surface area contributed by atoms with Gasteiger partial charge in [-0.3, -0.25) is 57.6 Å². The summed E-state index contributed by atoms with van der Waals surface area (Å²) in [7, 11) is -0.790. The summed E-state index contributed by atoms with van der Waals surface area (Å²) in [6.45, 7) is 31.7. The minimum absolute atomic E-state index is 0.141. The molecule has 33 heteroatoms. The molecule has 3 aliphatic heterocycles. The van der Waals surface area contributed by atoms with Gasteiger partial charge in [0.25, 0.3) is 17.7 Å². The van der Waals surface area contributed by atoms with Gasteiger partial charge in [0, 0.05) is 153 Å². The molecule has 6 heterocycles. The maximum Gasteiger partial charge on any atom is 0.272 e. The highest BCUT2D eigenvalue weighted by Gasteiger charge is 2.48. The van der Waals surface area contributed by atoms with Crippen LogP contribution in [0.3, 0.4) is 0 Å². The zero-order valence-electron chi connectivity index (χ0n) is 77.5. The lowest BCUT2D eigenvalue weighted by molar-refractivity contribution is -0.138. The third-order valence-electron chi connectivity index (χ3n) is 25.1. The van der Waals surface area contributed by atoms with Gasteiger partial charge < -0.3 is 58.6 Å². The summed E-state index contributed by atoms with van der Waals surface area (Å²) in [4.78, 5) is 92.1. The maximum absolute atomic E-state index is 13.7. The first-order valence-electron chi connectivity index (χ1n) is 43.9. The number of anilines is 6. The first-order chi connectivity index (χ1) is 60.1. The Kier molecular flexibility index (Phi) is 27.7. The van der Waals surface area contributed by atoms with E-state index in [1.165, 1.54) is 34.2 Å². The van der Waals surface area contributed by atoms with Gasteiger partial charge >= 0.3 is 0 Å². The molecule has 0 spiro atoms. The van der Waals surface area contributed by atoms with Crippen molar-refractivity contribution in [2.45, 2.75) is 150 Å². The monoisotopic (exact) mass is 1810 g/mol. The van der Waals surface area contributed by atoms with E-state index in [0.29, 0.717) is 52.4 Å². The number of ether oxygens (including phenoxy) is 3. The van der Waals surface area contributed by atoms with E-state index in [4.69, 9.17) is 14.2 Å². The summed E-state index contributed by atoms with van der Waals surface area (Å²) >= 11 is 0. The molecule has 6 N–H and O–H groups in total. The lowest BCUT2D eigenvalue weighted by atomic mass is 9.86. The molecule has 0 bridgehead atoms. The summed E-state index contributed by atoms with van der Waals surface area (Å²) in [5, 5.41) is 11.8. The van der Waals surface area contributed by atoms with E-state index in [9.17, 15) is 54.0 Å². The van der Waals surface area contributed by atoms with Gasteiger partial charge in [0.15, 0.2) is 17.2 Å². The van der Waals surface area contributed by atoms with Crippen LogP contribution >= 0.6 is 0 Å². The molecule has 3 saturated heterocycles. The predicted octanol–water partition coefficient (Wildman–Crippen LogP) is 13.3. The Morgan fingerprint density at radius 3 is 0.953 bits per heavy atom. The lowest BCUT2D eigenvalue weighted by Gasteiger charge is -2.36. The van der Waals surface area contributed by atoms with E-state index >= 15 is 0 Å². The Morgan fingerprint density at radius 2 is 0.688 bits per heavy atom. The molecule has 128 heavy (non-hydrogen) atoms. The van der Waals surface area contributed by atoms with Gasteiger partial charge in [-0.25, -0.2) is 25.3 Å². The topological polar surface area (TPSA) is 339 Å². The Morgan fingerprint density at radius 1 is 0.398 bits per heavy atom. The number of aryl methyl sites for hydroxylation is 3. The number of sulfonamides is 3. The predicted molar refractivity (Wildman–Crippen MR) is 506 cm³/mol. The zero-order chi connectivity index (χ0) is 92.8. The van der Waals surface area contributed by atoms with Crippen LogP contribution in [0.1, 0.15) is 179 Å². The molecule has 0 unspecified atom stereocenters. The fraction of sp³-hybridized carbons (Fsp3) is 0.495. The average molecular weight is 1820 g/mol. The van der Waals surface area contributed by atoms with Crippen LogP contribution in [0.25, 0.3) is 32.7 Å². The molecule has 3 saturated carbocycles. The van der Waals surface area contributed by atoms with Crippen LogP contribution in [0.2, 0.25) is 0 Å². The van der Waals surface area contributed by atoms with Crippen molar-refractivity contribution in [1.29, 1.82) is 0 Å². The molecule has 3 aliphatic carbocycles. The molecule has 0 atom stereocenters. The average Bonchev–Trinajstić information content (AvgIpc) is 0.848. The van der Waals surface area contributed by atoms with Crippen molar-refractivity contribution in [1.82, 2.24) is 43.1 Å². The molecule has 6 aromatic carbocycles. The van der Waals surface area contributed by atoms with Crippen molar-refractivity contribution in [2.24, 2.45) is 38.4 Å². The van der Waals surface area contributed by atoms with Gasteiger partial charge in [-0.05, 0) is 149 Å². The summed E-state index contributed by atoms with van der Waals surface area (Å²) in [5.74, 6) is 1.43. The van der Waals surface area contributed by atoms with Crippen LogP contribution < -0.4 is 44.3 Å². The molecular formula is C95H127N15O15S3. The molecule has 6 amide bonds. The second-order valence-electron chi connectivity index (χ2n) is 38.7. The number of carbonyl (C=O) groups excluding carboxylic acids is 6. The molecule has 0 radical (unpaired) electrons. The van der Waals surface area contributed by atoms with Crippen molar-refractivity contribution in [3.8, 4) is 17.2 Å². The molecule has 690 valence electrons. The Bertz CT molecular complexity index is 6120. The standard InChI is InChI=1S/2C32H43N5O5S.C31H41N5O5S/c1-31(2,3)23-18-24(28(42-6)25(19-23)34-43(7,40)41)33-29(38)26-17-21-9-8-10-22(27(21)35(26)5)20-36-13-15-37(16-14-36)30(39)32(4)11-12-32;1-32(2,3)24-18-25(30(42-5)26(19-24)34-43(6,40)41)33-31(39)27-17-22-8-7-9-23(29(22)35(27)4)20-36-12-14-37(15-13-36)28(38)16-21-10-11-21;1-31(2,3)23-17-24(28(41-5)25(18-23)33-42(6,39)40)32-29(37)26-16-21-8-7-9-22(27(21)34(26)4)19-35-12-14-36(15-13-35)30(38)20-10-11-20/h8-10,17-19,34H,11-16,20H2,1-7H3,(H,33,38);7-9,17-19,21,34H,10-16,20H2,1-6H3,(H,33,39);7-9,16-18,20,33H,10-15,19H2,1-6H3,(H,32,37). The number of rotatable bonds is 25. The summed E-state index contributed by atoms with van der Waals surface area (Å²) in [6.07, 6.45) is 10.3. The van der Waals surface area contributed by atoms with Crippen LogP contribution in [-0.4, -0.2) is 222 Å². The number of hydrogen-bond donors (Lipinski definition) is 6. The Hall–Kier alpha value is -10.7. The summed E-state index contributed by atoms with van der Waals surface area (Å²) < 4.78 is 103. The van der Waals surface area contributed by atoms with Gasteiger partial charge in [0.1, 0.15) is 17.1 Å². The summed E-state index contributed by atoms with van der Waals surface area (Å²) in [5.41, 5.74) is 11.0. The summed E-state index contributed by atoms with van der Waals surface area (Å²) in [6, 6.07) is 34.6. The highest BCUT2D eigenvalue weighted by Crippen LogP contribution is 2.48. The number of piperazine rings is 3. The highest BCUT2D eigenvalue weighted by molar-refractivity contribution is 7.92. The SMILES string of the molecule is COc1c(NC(=O)c2cc3cccc(CN4CCN(C(=O)C5(C)CC5)CC4)c3n2C)cc(C(C)(C)C)cc1NS(C)(=O)=O.COc1c(NC(=O)c2cc3cccc(CN4CCN(C(=O)C5CC5)CC4)c3n2C)cc(C(C)(C)C)cc1NS(C)(=O)=O.COc1c(NC(=O)c2cc3cccc(CN4CCN(C(=O)CC5CC5)CC4)c3n2C)cc(C(C)(C)C)cc1NS(C)(=O)=O. The molecule has 6 aliphatic rings. The first kappa shape index (κ1) is 94.9. The van der Waals surface area contributed by atoms with Crippen LogP contribution in [0.5, 0.6) is 17.2 Å².